The molecule has 0 fully saturated rings. The highest BCUT2D eigenvalue weighted by Crippen LogP contribution is 2.24. The van der Waals surface area contributed by atoms with Crippen molar-refractivity contribution in [2.24, 2.45) is 5.10 Å². The lowest BCUT2D eigenvalue weighted by Gasteiger charge is -2.04. The largest absolute Gasteiger partial charge is 0.343 e. The molecule has 0 aliphatic heterocycles. The first-order valence-electron chi connectivity index (χ1n) is 7.16. The van der Waals surface area contributed by atoms with Gasteiger partial charge in [0.25, 0.3) is 17.5 Å². The molecule has 2 N–H and O–H groups in total. The predicted octanol–water partition coefficient (Wildman–Crippen LogP) is 2.78. The molecule has 10 heteroatoms. The summed E-state index contributed by atoms with van der Waals surface area (Å²) in [5, 5.41) is 17.2. The molecule has 2 amide bonds. The van der Waals surface area contributed by atoms with Crippen LogP contribution in [0.4, 0.5) is 5.69 Å². The van der Waals surface area contributed by atoms with Gasteiger partial charge in [0.1, 0.15) is 5.02 Å². The Kier molecular flexibility index (Phi) is 6.65. The molecule has 0 aliphatic carbocycles. The van der Waals surface area contributed by atoms with Gasteiger partial charge in [0.05, 0.1) is 17.7 Å². The minimum atomic E-state index is -0.604. The van der Waals surface area contributed by atoms with Gasteiger partial charge in [0.2, 0.25) is 0 Å². The highest BCUT2D eigenvalue weighted by molar-refractivity contribution is 6.33. The van der Waals surface area contributed by atoms with Crippen LogP contribution in [0.2, 0.25) is 10.0 Å². The number of carbonyl (C=O) groups is 2. The fourth-order valence-electron chi connectivity index (χ4n) is 1.86. The molecule has 0 unspecified atom stereocenters. The van der Waals surface area contributed by atoms with Gasteiger partial charge in [-0.3, -0.25) is 19.7 Å². The van der Waals surface area contributed by atoms with E-state index in [0.29, 0.717) is 16.1 Å². The zero-order valence-electron chi connectivity index (χ0n) is 13.1. The topological polar surface area (TPSA) is 114 Å². The maximum Gasteiger partial charge on any atom is 0.287 e. The number of rotatable bonds is 6. The van der Waals surface area contributed by atoms with Crippen molar-refractivity contribution >= 4 is 46.9 Å². The Morgan fingerprint density at radius 2 is 1.96 bits per heavy atom. The Balaban J connectivity index is 1.85. The summed E-state index contributed by atoms with van der Waals surface area (Å²) in [6, 6.07) is 10.3. The summed E-state index contributed by atoms with van der Waals surface area (Å²) in [6.07, 6.45) is 1.27. The zero-order chi connectivity index (χ0) is 19.1. The second-order valence-corrected chi connectivity index (χ2v) is 5.80. The van der Waals surface area contributed by atoms with E-state index in [-0.39, 0.29) is 17.3 Å². The van der Waals surface area contributed by atoms with Gasteiger partial charge in [-0.25, -0.2) is 5.43 Å². The molecule has 26 heavy (non-hydrogen) atoms. The van der Waals surface area contributed by atoms with Crippen LogP contribution < -0.4 is 10.7 Å². The maximum absolute atomic E-state index is 11.9. The molecule has 0 atom stereocenters. The third-order valence-electron chi connectivity index (χ3n) is 3.07. The van der Waals surface area contributed by atoms with Crippen LogP contribution in [-0.4, -0.2) is 29.5 Å². The van der Waals surface area contributed by atoms with Crippen molar-refractivity contribution < 1.29 is 14.5 Å². The van der Waals surface area contributed by atoms with Crippen molar-refractivity contribution in [1.82, 2.24) is 10.7 Å². The Hall–Kier alpha value is -2.97. The number of carbonyl (C=O) groups excluding carboxylic acids is 2. The molecule has 134 valence electrons. The van der Waals surface area contributed by atoms with E-state index in [4.69, 9.17) is 23.2 Å². The van der Waals surface area contributed by atoms with E-state index in [1.54, 1.807) is 18.2 Å². The molecule has 0 aliphatic rings. The number of hydrogen-bond acceptors (Lipinski definition) is 5. The Bertz CT molecular complexity index is 886. The Labute approximate surface area is 157 Å². The van der Waals surface area contributed by atoms with Crippen molar-refractivity contribution in [2.75, 3.05) is 6.54 Å². The normalized spacial score (nSPS) is 10.5. The van der Waals surface area contributed by atoms with E-state index in [1.165, 1.54) is 30.5 Å². The van der Waals surface area contributed by atoms with E-state index in [0.717, 1.165) is 0 Å². The standard InChI is InChI=1S/C16H12Cl2N4O4/c17-12-3-1-2-11(7-12)16(24)19-9-15(23)21-20-8-10-4-5-14(22(25)26)13(18)6-10/h1-8H,9H2,(H,19,24)(H,21,23)/b20-8-. The minimum Gasteiger partial charge on any atom is -0.343 e. The molecular weight excluding hydrogens is 383 g/mol. The van der Waals surface area contributed by atoms with Crippen LogP contribution in [0.5, 0.6) is 0 Å². The fourth-order valence-corrected chi connectivity index (χ4v) is 2.31. The van der Waals surface area contributed by atoms with Crippen LogP contribution in [0, 0.1) is 10.1 Å². The van der Waals surface area contributed by atoms with Gasteiger partial charge in [0, 0.05) is 16.7 Å². The number of hydrazone groups is 1. The summed E-state index contributed by atoms with van der Waals surface area (Å²) in [5.41, 5.74) is 2.78. The van der Waals surface area contributed by atoms with Crippen LogP contribution >= 0.6 is 23.2 Å². The molecule has 0 bridgehead atoms. The lowest BCUT2D eigenvalue weighted by Crippen LogP contribution is -2.34. The van der Waals surface area contributed by atoms with Crippen LogP contribution in [0.3, 0.4) is 0 Å². The fraction of sp³-hybridized carbons (Fsp3) is 0.0625. The maximum atomic E-state index is 11.9. The van der Waals surface area contributed by atoms with Crippen molar-refractivity contribution in [3.05, 3.63) is 73.8 Å². The summed E-state index contributed by atoms with van der Waals surface area (Å²) in [7, 11) is 0. The highest BCUT2D eigenvalue weighted by atomic mass is 35.5. The monoisotopic (exact) mass is 394 g/mol. The second kappa shape index (κ2) is 8.93. The van der Waals surface area contributed by atoms with E-state index in [9.17, 15) is 19.7 Å². The first-order valence-corrected chi connectivity index (χ1v) is 7.92. The lowest BCUT2D eigenvalue weighted by molar-refractivity contribution is -0.384. The number of amides is 2. The van der Waals surface area contributed by atoms with Crippen LogP contribution in [-0.2, 0) is 4.79 Å². The van der Waals surface area contributed by atoms with Crippen LogP contribution in [0.1, 0.15) is 15.9 Å². The molecule has 0 aromatic heterocycles. The summed E-state index contributed by atoms with van der Waals surface area (Å²) >= 11 is 11.6. The Morgan fingerprint density at radius 1 is 1.19 bits per heavy atom. The van der Waals surface area contributed by atoms with Crippen LogP contribution in [0.25, 0.3) is 0 Å². The van der Waals surface area contributed by atoms with Gasteiger partial charge in [0.15, 0.2) is 0 Å². The third-order valence-corrected chi connectivity index (χ3v) is 3.61. The quantitative estimate of drug-likeness (QED) is 0.445. The average molecular weight is 395 g/mol. The summed E-state index contributed by atoms with van der Waals surface area (Å²) < 4.78 is 0. The molecule has 2 rings (SSSR count). The van der Waals surface area contributed by atoms with Gasteiger partial charge in [-0.2, -0.15) is 5.10 Å². The van der Waals surface area contributed by atoms with Gasteiger partial charge >= 0.3 is 0 Å². The average Bonchev–Trinajstić information content (AvgIpc) is 2.59. The molecule has 0 saturated carbocycles. The number of nitro groups is 1. The van der Waals surface area contributed by atoms with Crippen LogP contribution in [0.15, 0.2) is 47.6 Å². The number of nitro benzene ring substituents is 1. The van der Waals surface area contributed by atoms with Crippen molar-refractivity contribution in [2.45, 2.75) is 0 Å². The van der Waals surface area contributed by atoms with Gasteiger partial charge < -0.3 is 5.32 Å². The molecular formula is C16H12Cl2N4O4. The van der Waals surface area contributed by atoms with Crippen molar-refractivity contribution in [1.29, 1.82) is 0 Å². The zero-order valence-corrected chi connectivity index (χ0v) is 14.6. The predicted molar refractivity (Wildman–Crippen MR) is 97.6 cm³/mol. The van der Waals surface area contributed by atoms with E-state index >= 15 is 0 Å². The van der Waals surface area contributed by atoms with E-state index in [1.807, 2.05) is 0 Å². The number of nitrogens with one attached hydrogen (secondary N) is 2. The summed E-state index contributed by atoms with van der Waals surface area (Å²) in [5.74, 6) is -1.00. The van der Waals surface area contributed by atoms with Gasteiger partial charge in [-0.15, -0.1) is 0 Å². The lowest BCUT2D eigenvalue weighted by atomic mass is 10.2. The molecule has 0 radical (unpaired) electrons. The van der Waals surface area contributed by atoms with E-state index in [2.05, 4.69) is 15.8 Å². The molecule has 2 aromatic rings. The highest BCUT2D eigenvalue weighted by Gasteiger charge is 2.11. The summed E-state index contributed by atoms with van der Waals surface area (Å²) in [6.45, 7) is -0.288. The SMILES string of the molecule is O=C(CNC(=O)c1cccc(Cl)c1)N/N=C\c1ccc([N+](=O)[O-])c(Cl)c1. The molecule has 0 heterocycles. The third kappa shape index (κ3) is 5.54. The minimum absolute atomic E-state index is 0.0425. The summed E-state index contributed by atoms with van der Waals surface area (Å²) in [4.78, 5) is 33.6. The number of hydrogen-bond donors (Lipinski definition) is 2. The molecule has 8 nitrogen and oxygen atoms in total. The first-order chi connectivity index (χ1) is 12.4. The second-order valence-electron chi connectivity index (χ2n) is 4.95. The Morgan fingerprint density at radius 3 is 2.62 bits per heavy atom. The first kappa shape index (κ1) is 19.4. The van der Waals surface area contributed by atoms with Crippen molar-refractivity contribution in [3.63, 3.8) is 0 Å². The molecule has 2 aromatic carbocycles. The van der Waals surface area contributed by atoms with E-state index < -0.39 is 16.7 Å². The van der Waals surface area contributed by atoms with Crippen molar-refractivity contribution in [3.8, 4) is 0 Å². The number of halogens is 2. The number of benzene rings is 2. The molecule has 0 spiro atoms. The smallest absolute Gasteiger partial charge is 0.287 e. The molecule has 0 saturated heterocycles. The number of nitrogens with zero attached hydrogens (tertiary/aromatic N) is 2. The van der Waals surface area contributed by atoms with Gasteiger partial charge in [-0.1, -0.05) is 29.3 Å². The van der Waals surface area contributed by atoms with Gasteiger partial charge in [-0.05, 0) is 35.9 Å².